The number of methoxy groups -OCH3 is 1. The van der Waals surface area contributed by atoms with Crippen LogP contribution in [0.1, 0.15) is 19.3 Å². The highest BCUT2D eigenvalue weighted by molar-refractivity contribution is 7.16. The molecule has 0 fully saturated rings. The second kappa shape index (κ2) is 6.45. The van der Waals surface area contributed by atoms with Crippen LogP contribution in [0.5, 0.6) is 0 Å². The lowest BCUT2D eigenvalue weighted by molar-refractivity contribution is 0.0606. The normalized spacial score (nSPS) is 10.3. The molecule has 0 aliphatic carbocycles. The van der Waals surface area contributed by atoms with Crippen LogP contribution in [0.3, 0.4) is 0 Å². The van der Waals surface area contributed by atoms with Crippen LogP contribution >= 0.6 is 11.3 Å². The van der Waals surface area contributed by atoms with E-state index in [1.165, 1.54) is 7.11 Å². The summed E-state index contributed by atoms with van der Waals surface area (Å²) in [6, 6.07) is 12.4. The van der Waals surface area contributed by atoms with E-state index >= 15 is 0 Å². The van der Waals surface area contributed by atoms with E-state index in [9.17, 15) is 9.59 Å². The zero-order chi connectivity index (χ0) is 16.2. The number of ether oxygens (including phenoxy) is 1. The summed E-state index contributed by atoms with van der Waals surface area (Å²) in [6.07, 6.45) is 1.67. The minimum atomic E-state index is -0.449. The Morgan fingerprint density at radius 2 is 2.00 bits per heavy atom. The summed E-state index contributed by atoms with van der Waals surface area (Å²) in [7, 11) is 1.31. The van der Waals surface area contributed by atoms with E-state index in [-0.39, 0.29) is 5.91 Å². The molecule has 1 aromatic carbocycles. The molecule has 6 nitrogen and oxygen atoms in total. The lowest BCUT2D eigenvalue weighted by atomic mass is 10.1. The molecule has 0 saturated carbocycles. The molecule has 0 bridgehead atoms. The Bertz CT molecular complexity index is 840. The largest absolute Gasteiger partial charge is 0.465 e. The van der Waals surface area contributed by atoms with E-state index < -0.39 is 5.97 Å². The quantitative estimate of drug-likeness (QED) is 0.721. The molecule has 0 spiro atoms. The van der Waals surface area contributed by atoms with Gasteiger partial charge in [-0.25, -0.2) is 4.79 Å². The summed E-state index contributed by atoms with van der Waals surface area (Å²) in [6.45, 7) is 0. The zero-order valence-corrected chi connectivity index (χ0v) is 13.0. The van der Waals surface area contributed by atoms with Crippen molar-refractivity contribution < 1.29 is 14.3 Å². The van der Waals surface area contributed by atoms with E-state index in [4.69, 9.17) is 0 Å². The molecule has 2 aromatic heterocycles. The van der Waals surface area contributed by atoms with Gasteiger partial charge in [-0.3, -0.25) is 9.89 Å². The summed E-state index contributed by atoms with van der Waals surface area (Å²) in [4.78, 5) is 24.5. The van der Waals surface area contributed by atoms with Crippen LogP contribution in [0, 0.1) is 0 Å². The fourth-order valence-electron chi connectivity index (χ4n) is 2.04. The van der Waals surface area contributed by atoms with Gasteiger partial charge in [-0.15, -0.1) is 11.3 Å². The Morgan fingerprint density at radius 1 is 1.17 bits per heavy atom. The van der Waals surface area contributed by atoms with Crippen LogP contribution in [0.4, 0.5) is 5.69 Å². The van der Waals surface area contributed by atoms with Crippen molar-refractivity contribution in [2.75, 3.05) is 12.4 Å². The summed E-state index contributed by atoms with van der Waals surface area (Å²) < 4.78 is 4.64. The van der Waals surface area contributed by atoms with Crippen molar-refractivity contribution in [1.82, 2.24) is 10.2 Å². The van der Waals surface area contributed by atoms with Gasteiger partial charge in [0.2, 0.25) is 0 Å². The maximum atomic E-state index is 12.3. The first-order valence-electron chi connectivity index (χ1n) is 6.76. The Kier molecular flexibility index (Phi) is 4.20. The highest BCUT2D eigenvalue weighted by atomic mass is 32.1. The molecule has 0 atom stereocenters. The second-order valence-corrected chi connectivity index (χ2v) is 5.74. The Morgan fingerprint density at radius 3 is 2.74 bits per heavy atom. The summed E-state index contributed by atoms with van der Waals surface area (Å²) >= 11 is 1.09. The van der Waals surface area contributed by atoms with Crippen LogP contribution in [-0.4, -0.2) is 29.2 Å². The minimum absolute atomic E-state index is 0.271. The number of anilines is 1. The maximum Gasteiger partial charge on any atom is 0.348 e. The number of aromatic amines is 1. The number of esters is 1. The summed E-state index contributed by atoms with van der Waals surface area (Å²) in [5, 5.41) is 9.60. The molecule has 3 rings (SSSR count). The van der Waals surface area contributed by atoms with Crippen molar-refractivity contribution in [3.05, 3.63) is 58.4 Å². The molecule has 3 aromatic rings. The zero-order valence-electron chi connectivity index (χ0n) is 12.2. The molecule has 23 heavy (non-hydrogen) atoms. The van der Waals surface area contributed by atoms with Gasteiger partial charge >= 0.3 is 5.97 Å². The van der Waals surface area contributed by atoms with Gasteiger partial charge in [-0.05, 0) is 30.3 Å². The molecule has 7 heteroatoms. The van der Waals surface area contributed by atoms with Crippen molar-refractivity contribution in [2.45, 2.75) is 0 Å². The molecule has 0 aliphatic rings. The number of H-pyrrole nitrogens is 1. The molecule has 2 N–H and O–H groups in total. The molecule has 1 amide bonds. The van der Waals surface area contributed by atoms with E-state index in [1.54, 1.807) is 24.4 Å². The Hall–Kier alpha value is -2.93. The van der Waals surface area contributed by atoms with E-state index in [0.717, 1.165) is 22.6 Å². The van der Waals surface area contributed by atoms with Gasteiger partial charge in [0.1, 0.15) is 4.88 Å². The molecule has 116 valence electrons. The number of nitrogens with zero attached hydrogens (tertiary/aromatic N) is 1. The van der Waals surface area contributed by atoms with E-state index in [2.05, 4.69) is 20.3 Å². The van der Waals surface area contributed by atoms with Crippen molar-refractivity contribution in [3.8, 4) is 11.3 Å². The predicted octanol–water partition coefficient (Wildman–Crippen LogP) is 3.18. The maximum absolute atomic E-state index is 12.3. The summed E-state index contributed by atoms with van der Waals surface area (Å²) in [5.41, 5.74) is 2.45. The number of rotatable bonds is 4. The number of carbonyl (C=O) groups is 2. The van der Waals surface area contributed by atoms with Gasteiger partial charge in [-0.1, -0.05) is 12.1 Å². The SMILES string of the molecule is COC(=O)c1ccc(C(=O)Nc2cccc(-c3ccn[nH]3)c2)s1. The third kappa shape index (κ3) is 3.29. The van der Waals surface area contributed by atoms with Gasteiger partial charge in [0.25, 0.3) is 5.91 Å². The Balaban J connectivity index is 1.76. The topological polar surface area (TPSA) is 84.1 Å². The lowest BCUT2D eigenvalue weighted by Crippen LogP contribution is -2.10. The molecule has 2 heterocycles. The third-order valence-corrected chi connectivity index (χ3v) is 4.21. The van der Waals surface area contributed by atoms with Gasteiger partial charge in [-0.2, -0.15) is 5.10 Å². The van der Waals surface area contributed by atoms with Crippen LogP contribution < -0.4 is 5.32 Å². The van der Waals surface area contributed by atoms with Crippen molar-refractivity contribution >= 4 is 28.9 Å². The van der Waals surface area contributed by atoms with Gasteiger partial charge in [0, 0.05) is 17.4 Å². The number of benzene rings is 1. The Labute approximate surface area is 136 Å². The van der Waals surface area contributed by atoms with Gasteiger partial charge in [0.05, 0.1) is 17.7 Å². The number of hydrogen-bond donors (Lipinski definition) is 2. The smallest absolute Gasteiger partial charge is 0.348 e. The number of nitrogens with one attached hydrogen (secondary N) is 2. The number of thiophene rings is 1. The van der Waals surface area contributed by atoms with Crippen molar-refractivity contribution in [2.24, 2.45) is 0 Å². The number of carbonyl (C=O) groups excluding carboxylic acids is 2. The predicted molar refractivity (Wildman–Crippen MR) is 87.6 cm³/mol. The third-order valence-electron chi connectivity index (χ3n) is 3.15. The first kappa shape index (κ1) is 15.0. The molecule has 0 saturated heterocycles. The second-order valence-electron chi connectivity index (χ2n) is 4.66. The number of amides is 1. The van der Waals surface area contributed by atoms with Crippen LogP contribution in [0.15, 0.2) is 48.7 Å². The van der Waals surface area contributed by atoms with E-state index in [1.807, 2.05) is 24.3 Å². The average molecular weight is 327 g/mol. The average Bonchev–Trinajstić information content (AvgIpc) is 3.26. The molecular weight excluding hydrogens is 314 g/mol. The highest BCUT2D eigenvalue weighted by Gasteiger charge is 2.14. The number of hydrogen-bond acceptors (Lipinski definition) is 5. The molecule has 0 radical (unpaired) electrons. The van der Waals surface area contributed by atoms with Crippen LogP contribution in [0.25, 0.3) is 11.3 Å². The van der Waals surface area contributed by atoms with Crippen LogP contribution in [0.2, 0.25) is 0 Å². The fourth-order valence-corrected chi connectivity index (χ4v) is 2.86. The lowest BCUT2D eigenvalue weighted by Gasteiger charge is -2.05. The van der Waals surface area contributed by atoms with E-state index in [0.29, 0.717) is 15.4 Å². The minimum Gasteiger partial charge on any atom is -0.465 e. The molecule has 0 unspecified atom stereocenters. The monoisotopic (exact) mass is 327 g/mol. The van der Waals surface area contributed by atoms with Crippen LogP contribution in [-0.2, 0) is 4.74 Å². The van der Waals surface area contributed by atoms with Gasteiger partial charge < -0.3 is 10.1 Å². The highest BCUT2D eigenvalue weighted by Crippen LogP contribution is 2.22. The fraction of sp³-hybridized carbons (Fsp3) is 0.0625. The first-order chi connectivity index (χ1) is 11.2. The van der Waals surface area contributed by atoms with Gasteiger partial charge in [0.15, 0.2) is 0 Å². The molecular formula is C16H13N3O3S. The first-order valence-corrected chi connectivity index (χ1v) is 7.58. The summed E-state index contributed by atoms with van der Waals surface area (Å²) in [5.74, 6) is -0.720. The standard InChI is InChI=1S/C16H13N3O3S/c1-22-16(21)14-6-5-13(23-14)15(20)18-11-4-2-3-10(9-11)12-7-8-17-19-12/h2-9H,1H3,(H,17,19)(H,18,20). The van der Waals surface area contributed by atoms with Crippen molar-refractivity contribution in [1.29, 1.82) is 0 Å². The van der Waals surface area contributed by atoms with Crippen molar-refractivity contribution in [3.63, 3.8) is 0 Å². The molecule has 0 aliphatic heterocycles. The number of aromatic nitrogens is 2.